The zero-order valence-electron chi connectivity index (χ0n) is 10.1. The monoisotopic (exact) mass is 253 g/mol. The molecule has 1 aromatic heterocycles. The second-order valence-corrected chi connectivity index (χ2v) is 4.08. The van der Waals surface area contributed by atoms with Gasteiger partial charge >= 0.3 is 5.97 Å². The molecule has 0 fully saturated rings. The van der Waals surface area contributed by atoms with Crippen LogP contribution in [0.1, 0.15) is 12.5 Å². The largest absolute Gasteiger partial charge is 0.479 e. The fourth-order valence-electron chi connectivity index (χ4n) is 1.09. The number of carboxylic acid groups (broad SMARTS) is 1. The summed E-state index contributed by atoms with van der Waals surface area (Å²) in [5, 5.41) is 24.2. The highest BCUT2D eigenvalue weighted by Crippen LogP contribution is 2.01. The van der Waals surface area contributed by atoms with Gasteiger partial charge in [-0.1, -0.05) is 0 Å². The molecule has 3 N–H and O–H groups in total. The van der Waals surface area contributed by atoms with Gasteiger partial charge in [-0.3, -0.25) is 9.48 Å². The number of nitrogens with one attached hydrogen (secondary N) is 1. The molecule has 98 valence electrons. The lowest BCUT2D eigenvalue weighted by Gasteiger charge is -2.17. The molecule has 0 saturated carbocycles. The van der Waals surface area contributed by atoms with E-state index in [9.17, 15) is 14.7 Å². The first kappa shape index (κ1) is 13.9. The van der Waals surface area contributed by atoms with Crippen molar-refractivity contribution in [1.29, 1.82) is 0 Å². The molecule has 1 atom stereocenters. The number of hydrogen-bond acceptors (Lipinski definition) is 4. The van der Waals surface area contributed by atoms with Crippen molar-refractivity contribution in [2.45, 2.75) is 12.5 Å². The maximum absolute atomic E-state index is 11.4. The third kappa shape index (κ3) is 4.02. The van der Waals surface area contributed by atoms with Gasteiger partial charge in [-0.25, -0.2) is 4.79 Å². The summed E-state index contributed by atoms with van der Waals surface area (Å²) >= 11 is 0. The Kier molecular flexibility index (Phi) is 4.22. The maximum Gasteiger partial charge on any atom is 0.337 e. The molecule has 0 spiro atoms. The van der Waals surface area contributed by atoms with Gasteiger partial charge in [-0.2, -0.15) is 5.10 Å². The van der Waals surface area contributed by atoms with Crippen LogP contribution in [-0.2, 0) is 16.6 Å². The standard InChI is InChI=1S/C11H15N3O4/c1-11(18,10(16)17)7-12-9(15)4-3-8-5-13-14(2)6-8/h3-6,18H,7H2,1-2H3,(H,12,15)(H,16,17). The molecular weight excluding hydrogens is 238 g/mol. The molecule has 7 nitrogen and oxygen atoms in total. The highest BCUT2D eigenvalue weighted by Gasteiger charge is 2.29. The zero-order chi connectivity index (χ0) is 13.8. The average Bonchev–Trinajstić information content (AvgIpc) is 2.69. The fraction of sp³-hybridized carbons (Fsp3) is 0.364. The summed E-state index contributed by atoms with van der Waals surface area (Å²) in [4.78, 5) is 21.9. The number of rotatable bonds is 5. The summed E-state index contributed by atoms with van der Waals surface area (Å²) in [6.45, 7) is 0.749. The molecule has 7 heteroatoms. The van der Waals surface area contributed by atoms with Crippen LogP contribution in [0.5, 0.6) is 0 Å². The minimum absolute atomic E-state index is 0.363. The second-order valence-electron chi connectivity index (χ2n) is 4.08. The van der Waals surface area contributed by atoms with Crippen molar-refractivity contribution in [1.82, 2.24) is 15.1 Å². The van der Waals surface area contributed by atoms with Gasteiger partial charge in [0, 0.05) is 24.9 Å². The summed E-state index contributed by atoms with van der Waals surface area (Å²) in [6, 6.07) is 0. The van der Waals surface area contributed by atoms with Crippen LogP contribution in [0.15, 0.2) is 18.5 Å². The Bertz CT molecular complexity index is 476. The minimum Gasteiger partial charge on any atom is -0.479 e. The molecule has 1 unspecified atom stereocenters. The Morgan fingerprint density at radius 2 is 2.28 bits per heavy atom. The molecule has 0 aliphatic rings. The topological polar surface area (TPSA) is 104 Å². The van der Waals surface area contributed by atoms with Crippen LogP contribution in [0.25, 0.3) is 6.08 Å². The number of nitrogens with zero attached hydrogens (tertiary/aromatic N) is 2. The summed E-state index contributed by atoms with van der Waals surface area (Å²) in [5.41, 5.74) is -1.23. The molecule has 1 amide bonds. The minimum atomic E-state index is -1.97. The van der Waals surface area contributed by atoms with E-state index in [4.69, 9.17) is 5.11 Å². The fourth-order valence-corrected chi connectivity index (χ4v) is 1.09. The van der Waals surface area contributed by atoms with Gasteiger partial charge in [0.15, 0.2) is 5.60 Å². The van der Waals surface area contributed by atoms with E-state index in [0.717, 1.165) is 12.5 Å². The van der Waals surface area contributed by atoms with Gasteiger partial charge in [0.25, 0.3) is 0 Å². The highest BCUT2D eigenvalue weighted by atomic mass is 16.4. The molecule has 1 aromatic rings. The summed E-state index contributed by atoms with van der Waals surface area (Å²) in [7, 11) is 1.75. The van der Waals surface area contributed by atoms with Crippen molar-refractivity contribution in [2.75, 3.05) is 6.54 Å². The molecule has 1 heterocycles. The van der Waals surface area contributed by atoms with Gasteiger partial charge in [0.1, 0.15) is 0 Å². The van der Waals surface area contributed by atoms with Gasteiger partial charge in [-0.15, -0.1) is 0 Å². The number of aliphatic carboxylic acids is 1. The predicted octanol–water partition coefficient (Wildman–Crippen LogP) is -0.615. The van der Waals surface area contributed by atoms with E-state index in [2.05, 4.69) is 10.4 Å². The number of carbonyl (C=O) groups is 2. The number of aromatic nitrogens is 2. The number of amides is 1. The molecule has 0 aliphatic carbocycles. The van der Waals surface area contributed by atoms with Crippen LogP contribution in [0.3, 0.4) is 0 Å². The van der Waals surface area contributed by atoms with Crippen LogP contribution in [-0.4, -0.2) is 44.0 Å². The van der Waals surface area contributed by atoms with E-state index in [0.29, 0.717) is 0 Å². The Morgan fingerprint density at radius 1 is 1.61 bits per heavy atom. The predicted molar refractivity (Wildman–Crippen MR) is 63.5 cm³/mol. The molecule has 0 aliphatic heterocycles. The molecule has 0 radical (unpaired) electrons. The van der Waals surface area contributed by atoms with Crippen molar-refractivity contribution in [3.05, 3.63) is 24.0 Å². The van der Waals surface area contributed by atoms with Gasteiger partial charge in [-0.05, 0) is 13.0 Å². The molecule has 18 heavy (non-hydrogen) atoms. The third-order valence-corrected chi connectivity index (χ3v) is 2.22. The van der Waals surface area contributed by atoms with E-state index in [1.54, 1.807) is 24.1 Å². The first-order valence-corrected chi connectivity index (χ1v) is 5.21. The van der Waals surface area contributed by atoms with Gasteiger partial charge in [0.2, 0.25) is 5.91 Å². The second kappa shape index (κ2) is 5.46. The van der Waals surface area contributed by atoms with Crippen LogP contribution >= 0.6 is 0 Å². The molecule has 0 bridgehead atoms. The van der Waals surface area contributed by atoms with Gasteiger partial charge < -0.3 is 15.5 Å². The van der Waals surface area contributed by atoms with Crippen LogP contribution in [0, 0.1) is 0 Å². The lowest BCUT2D eigenvalue weighted by atomic mass is 10.1. The Labute approximate surface area is 104 Å². The van der Waals surface area contributed by atoms with Crippen LogP contribution < -0.4 is 5.32 Å². The van der Waals surface area contributed by atoms with E-state index in [1.165, 1.54) is 12.2 Å². The van der Waals surface area contributed by atoms with Crippen molar-refractivity contribution >= 4 is 18.0 Å². The van der Waals surface area contributed by atoms with Crippen molar-refractivity contribution in [2.24, 2.45) is 7.05 Å². The molecular formula is C11H15N3O4. The number of aryl methyl sites for hydroxylation is 1. The maximum atomic E-state index is 11.4. The van der Waals surface area contributed by atoms with Crippen molar-refractivity contribution < 1.29 is 19.8 Å². The first-order chi connectivity index (χ1) is 8.31. The lowest BCUT2D eigenvalue weighted by Crippen LogP contribution is -2.46. The Morgan fingerprint density at radius 3 is 2.78 bits per heavy atom. The van der Waals surface area contributed by atoms with E-state index in [-0.39, 0.29) is 6.54 Å². The van der Waals surface area contributed by atoms with E-state index >= 15 is 0 Å². The quantitative estimate of drug-likeness (QED) is 0.607. The lowest BCUT2D eigenvalue weighted by molar-refractivity contribution is -0.156. The number of carbonyl (C=O) groups excluding carboxylic acids is 1. The highest BCUT2D eigenvalue weighted by molar-refractivity contribution is 5.92. The number of hydrogen-bond donors (Lipinski definition) is 3. The van der Waals surface area contributed by atoms with Crippen molar-refractivity contribution in [3.63, 3.8) is 0 Å². The summed E-state index contributed by atoms with van der Waals surface area (Å²) in [6.07, 6.45) is 6.08. The summed E-state index contributed by atoms with van der Waals surface area (Å²) < 4.78 is 1.59. The smallest absolute Gasteiger partial charge is 0.337 e. The normalized spacial score (nSPS) is 14.4. The Hall–Kier alpha value is -2.15. The number of carboxylic acids is 1. The SMILES string of the molecule is Cn1cc(C=CC(=O)NCC(C)(O)C(=O)O)cn1. The first-order valence-electron chi connectivity index (χ1n) is 5.21. The zero-order valence-corrected chi connectivity index (χ0v) is 10.1. The van der Waals surface area contributed by atoms with E-state index in [1.807, 2.05) is 0 Å². The molecule has 0 saturated heterocycles. The van der Waals surface area contributed by atoms with Gasteiger partial charge in [0.05, 0.1) is 12.7 Å². The molecule has 1 rings (SSSR count). The van der Waals surface area contributed by atoms with Crippen LogP contribution in [0.2, 0.25) is 0 Å². The molecule has 0 aromatic carbocycles. The van der Waals surface area contributed by atoms with E-state index < -0.39 is 17.5 Å². The van der Waals surface area contributed by atoms with Crippen LogP contribution in [0.4, 0.5) is 0 Å². The Balaban J connectivity index is 2.48. The van der Waals surface area contributed by atoms with Crippen molar-refractivity contribution in [3.8, 4) is 0 Å². The number of aliphatic hydroxyl groups is 1. The third-order valence-electron chi connectivity index (χ3n) is 2.22. The average molecular weight is 253 g/mol. The summed E-state index contributed by atoms with van der Waals surface area (Å²) in [5.74, 6) is -1.88.